The molecule has 128 valence electrons. The first-order chi connectivity index (χ1) is 13.3. The Bertz CT molecular complexity index is 1260. The van der Waals surface area contributed by atoms with Crippen molar-refractivity contribution in [1.82, 2.24) is 9.55 Å². The van der Waals surface area contributed by atoms with Crippen LogP contribution in [-0.4, -0.2) is 15.5 Å². The molecule has 1 aliphatic heterocycles. The van der Waals surface area contributed by atoms with E-state index in [-0.39, 0.29) is 12.5 Å². The molecule has 0 fully saturated rings. The number of rotatable bonds is 3. The van der Waals surface area contributed by atoms with Crippen LogP contribution in [0.15, 0.2) is 66.9 Å². The van der Waals surface area contributed by atoms with Gasteiger partial charge in [0, 0.05) is 17.1 Å². The summed E-state index contributed by atoms with van der Waals surface area (Å²) in [4.78, 5) is 17.6. The van der Waals surface area contributed by atoms with E-state index in [1.807, 2.05) is 54.6 Å². The highest BCUT2D eigenvalue weighted by molar-refractivity contribution is 6.13. The SMILES string of the molecule is N#Cc1ccccc1COc1c2c(nc3ccccc13)-c1cccn1C2=O. The molecule has 4 aromatic rings. The van der Waals surface area contributed by atoms with Crippen molar-refractivity contribution < 1.29 is 9.53 Å². The lowest BCUT2D eigenvalue weighted by Crippen LogP contribution is -2.08. The van der Waals surface area contributed by atoms with Crippen LogP contribution in [0.4, 0.5) is 0 Å². The molecule has 1 aliphatic rings. The Morgan fingerprint density at radius 1 is 1.04 bits per heavy atom. The maximum absolute atomic E-state index is 12.9. The molecule has 0 bridgehead atoms. The standard InChI is InChI=1S/C22H13N3O2/c23-12-14-6-1-2-7-15(14)13-27-21-16-8-3-4-9-17(16)24-20-18-10-5-11-25(18)22(26)19(20)21/h1-11H,13H2. The minimum atomic E-state index is -0.146. The number of para-hydroxylation sites is 1. The summed E-state index contributed by atoms with van der Waals surface area (Å²) in [6.45, 7) is 0.201. The Morgan fingerprint density at radius 2 is 1.85 bits per heavy atom. The van der Waals surface area contributed by atoms with Crippen molar-refractivity contribution in [2.45, 2.75) is 6.61 Å². The molecule has 5 nitrogen and oxygen atoms in total. The second kappa shape index (κ2) is 5.82. The number of benzene rings is 2. The van der Waals surface area contributed by atoms with E-state index in [0.29, 0.717) is 22.6 Å². The van der Waals surface area contributed by atoms with Gasteiger partial charge in [0.05, 0.1) is 22.8 Å². The predicted molar refractivity (Wildman–Crippen MR) is 100 cm³/mol. The van der Waals surface area contributed by atoms with Gasteiger partial charge < -0.3 is 4.74 Å². The van der Waals surface area contributed by atoms with Crippen LogP contribution in [0.5, 0.6) is 5.75 Å². The van der Waals surface area contributed by atoms with Crippen LogP contribution in [0.1, 0.15) is 21.5 Å². The van der Waals surface area contributed by atoms with Crippen molar-refractivity contribution >= 4 is 16.8 Å². The van der Waals surface area contributed by atoms with E-state index in [2.05, 4.69) is 6.07 Å². The molecule has 2 aromatic heterocycles. The van der Waals surface area contributed by atoms with E-state index in [1.165, 1.54) is 0 Å². The van der Waals surface area contributed by atoms with Crippen molar-refractivity contribution in [2.24, 2.45) is 0 Å². The minimum absolute atomic E-state index is 0.146. The monoisotopic (exact) mass is 351 g/mol. The van der Waals surface area contributed by atoms with Gasteiger partial charge in [-0.2, -0.15) is 5.26 Å². The predicted octanol–water partition coefficient (Wildman–Crippen LogP) is 4.16. The molecule has 3 heterocycles. The Morgan fingerprint density at radius 3 is 2.74 bits per heavy atom. The van der Waals surface area contributed by atoms with Crippen LogP contribution >= 0.6 is 0 Å². The lowest BCUT2D eigenvalue weighted by atomic mass is 10.1. The number of ether oxygens (including phenoxy) is 1. The zero-order valence-electron chi connectivity index (χ0n) is 14.2. The van der Waals surface area contributed by atoms with Gasteiger partial charge in [-0.3, -0.25) is 9.36 Å². The molecule has 0 saturated heterocycles. The summed E-state index contributed by atoms with van der Waals surface area (Å²) < 4.78 is 7.73. The topological polar surface area (TPSA) is 67.9 Å². The maximum Gasteiger partial charge on any atom is 0.268 e. The number of nitrogens with zero attached hydrogens (tertiary/aromatic N) is 3. The van der Waals surface area contributed by atoms with E-state index in [0.717, 1.165) is 22.2 Å². The number of pyridine rings is 1. The van der Waals surface area contributed by atoms with Crippen molar-refractivity contribution in [3.8, 4) is 23.2 Å². The summed E-state index contributed by atoms with van der Waals surface area (Å²) in [5, 5.41) is 10.1. The number of nitriles is 1. The second-order valence-electron chi connectivity index (χ2n) is 6.31. The third-order valence-electron chi connectivity index (χ3n) is 4.78. The van der Waals surface area contributed by atoms with Gasteiger partial charge in [-0.05, 0) is 30.3 Å². The highest BCUT2D eigenvalue weighted by Gasteiger charge is 2.32. The average molecular weight is 351 g/mol. The number of carbonyl (C=O) groups excluding carboxylic acids is 1. The molecule has 0 N–H and O–H groups in total. The van der Waals surface area contributed by atoms with E-state index in [9.17, 15) is 10.1 Å². The summed E-state index contributed by atoms with van der Waals surface area (Å²) >= 11 is 0. The van der Waals surface area contributed by atoms with E-state index in [1.54, 1.807) is 16.8 Å². The van der Waals surface area contributed by atoms with Crippen molar-refractivity contribution in [3.63, 3.8) is 0 Å². The molecule has 2 aromatic carbocycles. The molecule has 5 heteroatoms. The Labute approximate surface area is 155 Å². The number of aromatic nitrogens is 2. The molecule has 0 aliphatic carbocycles. The lowest BCUT2D eigenvalue weighted by molar-refractivity contribution is 0.0965. The highest BCUT2D eigenvalue weighted by atomic mass is 16.5. The first kappa shape index (κ1) is 15.4. The minimum Gasteiger partial charge on any atom is -0.487 e. The second-order valence-corrected chi connectivity index (χ2v) is 6.31. The first-order valence-corrected chi connectivity index (χ1v) is 8.54. The van der Waals surface area contributed by atoms with Gasteiger partial charge in [0.2, 0.25) is 0 Å². The average Bonchev–Trinajstić information content (AvgIpc) is 3.29. The van der Waals surface area contributed by atoms with Gasteiger partial charge in [0.15, 0.2) is 0 Å². The van der Waals surface area contributed by atoms with Gasteiger partial charge in [0.1, 0.15) is 23.6 Å². The summed E-state index contributed by atoms with van der Waals surface area (Å²) in [6.07, 6.45) is 1.73. The van der Waals surface area contributed by atoms with E-state index in [4.69, 9.17) is 9.72 Å². The molecule has 0 amide bonds. The third kappa shape index (κ3) is 2.24. The van der Waals surface area contributed by atoms with Crippen LogP contribution < -0.4 is 4.74 Å². The first-order valence-electron chi connectivity index (χ1n) is 8.54. The van der Waals surface area contributed by atoms with Crippen molar-refractivity contribution in [3.05, 3.63) is 83.6 Å². The Kier molecular flexibility index (Phi) is 3.31. The van der Waals surface area contributed by atoms with Crippen molar-refractivity contribution in [2.75, 3.05) is 0 Å². The smallest absolute Gasteiger partial charge is 0.268 e. The van der Waals surface area contributed by atoms with Crippen LogP contribution in [-0.2, 0) is 6.61 Å². The quantitative estimate of drug-likeness (QED) is 0.489. The molecule has 0 unspecified atom stereocenters. The highest BCUT2D eigenvalue weighted by Crippen LogP contribution is 2.40. The molecule has 0 radical (unpaired) electrons. The normalized spacial score (nSPS) is 11.9. The molecule has 5 rings (SSSR count). The fraction of sp³-hybridized carbons (Fsp3) is 0.0455. The summed E-state index contributed by atoms with van der Waals surface area (Å²) in [5.74, 6) is 0.365. The lowest BCUT2D eigenvalue weighted by Gasteiger charge is -2.13. The molecule has 0 atom stereocenters. The fourth-order valence-electron chi connectivity index (χ4n) is 3.49. The summed E-state index contributed by atoms with van der Waals surface area (Å²) in [7, 11) is 0. The third-order valence-corrected chi connectivity index (χ3v) is 4.78. The van der Waals surface area contributed by atoms with Crippen LogP contribution in [0.3, 0.4) is 0 Å². The molecule has 27 heavy (non-hydrogen) atoms. The maximum atomic E-state index is 12.9. The number of carbonyl (C=O) groups is 1. The zero-order valence-corrected chi connectivity index (χ0v) is 14.2. The van der Waals surface area contributed by atoms with Crippen molar-refractivity contribution in [1.29, 1.82) is 5.26 Å². The van der Waals surface area contributed by atoms with Crippen LogP contribution in [0, 0.1) is 11.3 Å². The van der Waals surface area contributed by atoms with Gasteiger partial charge >= 0.3 is 0 Å². The van der Waals surface area contributed by atoms with E-state index < -0.39 is 0 Å². The van der Waals surface area contributed by atoms with Crippen LogP contribution in [0.25, 0.3) is 22.3 Å². The Hall–Kier alpha value is -3.91. The Balaban J connectivity index is 1.68. The van der Waals surface area contributed by atoms with Gasteiger partial charge in [-0.25, -0.2) is 4.98 Å². The molecular formula is C22H13N3O2. The summed E-state index contributed by atoms with van der Waals surface area (Å²) in [6, 6.07) is 20.8. The molecule has 0 saturated carbocycles. The number of fused-ring (bicyclic) bond motifs is 4. The van der Waals surface area contributed by atoms with E-state index >= 15 is 0 Å². The van der Waals surface area contributed by atoms with Gasteiger partial charge in [0.25, 0.3) is 5.91 Å². The molecular weight excluding hydrogens is 338 g/mol. The number of hydrogen-bond donors (Lipinski definition) is 0. The molecule has 0 spiro atoms. The van der Waals surface area contributed by atoms with Gasteiger partial charge in [-0.1, -0.05) is 30.3 Å². The number of hydrogen-bond acceptors (Lipinski definition) is 4. The van der Waals surface area contributed by atoms with Crippen LogP contribution in [0.2, 0.25) is 0 Å². The largest absolute Gasteiger partial charge is 0.487 e. The summed E-state index contributed by atoms with van der Waals surface area (Å²) in [5.41, 5.74) is 3.97. The zero-order chi connectivity index (χ0) is 18.4. The fourth-order valence-corrected chi connectivity index (χ4v) is 3.49. The van der Waals surface area contributed by atoms with Gasteiger partial charge in [-0.15, -0.1) is 0 Å².